The molecule has 3 nitrogen and oxygen atoms in total. The van der Waals surface area contributed by atoms with Gasteiger partial charge in [0, 0.05) is 5.92 Å². The first-order valence-corrected chi connectivity index (χ1v) is 9.52. The number of fused-ring (bicyclic) bond motifs is 2. The predicted octanol–water partition coefficient (Wildman–Crippen LogP) is 4.06. The molecule has 4 saturated carbocycles. The van der Waals surface area contributed by atoms with Crippen LogP contribution in [-0.4, -0.2) is 23.3 Å². The second-order valence-corrected chi connectivity index (χ2v) is 8.20. The van der Waals surface area contributed by atoms with Crippen LogP contribution < -0.4 is 0 Å². The van der Waals surface area contributed by atoms with E-state index in [1.54, 1.807) is 0 Å². The highest BCUT2D eigenvalue weighted by Crippen LogP contribution is 2.71. The highest BCUT2D eigenvalue weighted by atomic mass is 16.5. The Hall–Kier alpha value is -1.35. The third kappa shape index (κ3) is 2.17. The molecular weight excluding hydrogens is 300 g/mol. The van der Waals surface area contributed by atoms with Gasteiger partial charge < -0.3 is 9.84 Å². The van der Waals surface area contributed by atoms with Crippen LogP contribution >= 0.6 is 0 Å². The number of esters is 1. The molecule has 0 heterocycles. The fourth-order valence-corrected chi connectivity index (χ4v) is 6.28. The average Bonchev–Trinajstić information content (AvgIpc) is 2.58. The number of rotatable bonds is 3. The Kier molecular flexibility index (Phi) is 3.95. The van der Waals surface area contributed by atoms with Gasteiger partial charge in [-0.15, -0.1) is 0 Å². The number of ether oxygens (including phenoxy) is 1. The number of hydrogen-bond acceptors (Lipinski definition) is 3. The van der Waals surface area contributed by atoms with Crippen molar-refractivity contribution in [3.8, 4) is 0 Å². The molecule has 7 atom stereocenters. The van der Waals surface area contributed by atoms with Crippen LogP contribution in [0.4, 0.5) is 0 Å². The second kappa shape index (κ2) is 5.87. The molecule has 4 aliphatic carbocycles. The maximum atomic E-state index is 12.5. The van der Waals surface area contributed by atoms with Crippen molar-refractivity contribution in [2.45, 2.75) is 58.2 Å². The van der Waals surface area contributed by atoms with Crippen LogP contribution in [0.25, 0.3) is 0 Å². The molecule has 130 valence electrons. The number of aliphatic hydroxyl groups excluding tert-OH is 1. The average molecular weight is 328 g/mol. The van der Waals surface area contributed by atoms with Gasteiger partial charge in [0.05, 0.1) is 11.7 Å². The third-order valence-electron chi connectivity index (χ3n) is 7.41. The summed E-state index contributed by atoms with van der Waals surface area (Å²) in [6, 6.07) is 9.28. The molecule has 4 aliphatic rings. The Morgan fingerprint density at radius 1 is 1.29 bits per heavy atom. The van der Waals surface area contributed by atoms with E-state index in [1.165, 1.54) is 0 Å². The van der Waals surface area contributed by atoms with Crippen molar-refractivity contribution in [1.29, 1.82) is 0 Å². The van der Waals surface area contributed by atoms with Gasteiger partial charge in [0.15, 0.2) is 0 Å². The molecule has 0 saturated heterocycles. The zero-order valence-electron chi connectivity index (χ0n) is 14.7. The quantitative estimate of drug-likeness (QED) is 0.851. The highest BCUT2D eigenvalue weighted by molar-refractivity contribution is 5.89. The molecule has 24 heavy (non-hydrogen) atoms. The van der Waals surface area contributed by atoms with Gasteiger partial charge in [0.2, 0.25) is 0 Å². The minimum absolute atomic E-state index is 0.0309. The van der Waals surface area contributed by atoms with E-state index in [1.807, 2.05) is 30.3 Å². The zero-order valence-corrected chi connectivity index (χ0v) is 14.7. The fraction of sp³-hybridized carbons (Fsp3) is 0.667. The lowest BCUT2D eigenvalue weighted by Crippen LogP contribution is -2.69. The van der Waals surface area contributed by atoms with E-state index in [0.29, 0.717) is 34.7 Å². The van der Waals surface area contributed by atoms with Gasteiger partial charge in [-0.25, -0.2) is 4.79 Å². The van der Waals surface area contributed by atoms with Crippen LogP contribution in [0.5, 0.6) is 0 Å². The SMILES string of the molecule is CCC1CC(O)C2CC13C(C)CCC(OC(=O)c1ccccc1)C23. The molecule has 0 aromatic heterocycles. The minimum Gasteiger partial charge on any atom is -0.458 e. The summed E-state index contributed by atoms with van der Waals surface area (Å²) < 4.78 is 5.98. The normalized spacial score (nSPS) is 43.5. The molecule has 5 rings (SSSR count). The number of hydrogen-bond donors (Lipinski definition) is 1. The van der Waals surface area contributed by atoms with Crippen LogP contribution in [-0.2, 0) is 4.74 Å². The summed E-state index contributed by atoms with van der Waals surface area (Å²) in [4.78, 5) is 12.5. The molecule has 0 radical (unpaired) electrons. The van der Waals surface area contributed by atoms with Crippen LogP contribution in [0, 0.1) is 29.1 Å². The van der Waals surface area contributed by atoms with Crippen molar-refractivity contribution in [3.05, 3.63) is 35.9 Å². The monoisotopic (exact) mass is 328 g/mol. The molecule has 0 amide bonds. The van der Waals surface area contributed by atoms with Crippen molar-refractivity contribution in [1.82, 2.24) is 0 Å². The van der Waals surface area contributed by atoms with Crippen LogP contribution in [0.2, 0.25) is 0 Å². The molecule has 1 N–H and O–H groups in total. The van der Waals surface area contributed by atoms with E-state index in [-0.39, 0.29) is 18.2 Å². The Balaban J connectivity index is 1.58. The summed E-state index contributed by atoms with van der Waals surface area (Å²) in [6.45, 7) is 4.62. The van der Waals surface area contributed by atoms with Gasteiger partial charge in [-0.2, -0.15) is 0 Å². The first-order chi connectivity index (χ1) is 11.6. The first-order valence-electron chi connectivity index (χ1n) is 9.52. The largest absolute Gasteiger partial charge is 0.458 e. The smallest absolute Gasteiger partial charge is 0.338 e. The highest BCUT2D eigenvalue weighted by Gasteiger charge is 2.68. The van der Waals surface area contributed by atoms with Gasteiger partial charge in [0.25, 0.3) is 0 Å². The van der Waals surface area contributed by atoms with Crippen molar-refractivity contribution in [2.24, 2.45) is 29.1 Å². The summed E-state index contributed by atoms with van der Waals surface area (Å²) in [5.41, 5.74) is 0.917. The zero-order chi connectivity index (χ0) is 16.9. The van der Waals surface area contributed by atoms with Gasteiger partial charge >= 0.3 is 5.97 Å². The molecular formula is C21H28O3. The Morgan fingerprint density at radius 3 is 2.75 bits per heavy atom. The van der Waals surface area contributed by atoms with Crippen molar-refractivity contribution < 1.29 is 14.6 Å². The maximum absolute atomic E-state index is 12.5. The minimum atomic E-state index is -0.218. The lowest BCUT2D eigenvalue weighted by Gasteiger charge is -2.70. The van der Waals surface area contributed by atoms with Crippen molar-refractivity contribution >= 4 is 5.97 Å². The van der Waals surface area contributed by atoms with E-state index in [9.17, 15) is 9.90 Å². The van der Waals surface area contributed by atoms with E-state index >= 15 is 0 Å². The first kappa shape index (κ1) is 16.1. The number of aliphatic hydroxyl groups is 1. The molecule has 1 aromatic rings. The lowest BCUT2D eigenvalue weighted by molar-refractivity contribution is -0.266. The van der Waals surface area contributed by atoms with E-state index in [4.69, 9.17) is 4.74 Å². The number of carbonyl (C=O) groups is 1. The summed E-state index contributed by atoms with van der Waals surface area (Å²) in [7, 11) is 0. The Labute approximate surface area is 144 Å². The standard InChI is InChI=1S/C21H28O3/c1-3-15-11-17(22)16-12-21(15)13(2)9-10-18(19(16)21)24-20(23)14-7-5-4-6-8-14/h4-8,13,15-19,22H,3,9-12H2,1-2H3. The van der Waals surface area contributed by atoms with Gasteiger partial charge in [-0.1, -0.05) is 38.5 Å². The van der Waals surface area contributed by atoms with E-state index < -0.39 is 0 Å². The summed E-state index contributed by atoms with van der Waals surface area (Å²) >= 11 is 0. The molecule has 7 unspecified atom stereocenters. The summed E-state index contributed by atoms with van der Waals surface area (Å²) in [6.07, 6.45) is 4.99. The van der Waals surface area contributed by atoms with Gasteiger partial charge in [-0.05, 0) is 61.0 Å². The predicted molar refractivity (Wildman–Crippen MR) is 92.5 cm³/mol. The topological polar surface area (TPSA) is 46.5 Å². The van der Waals surface area contributed by atoms with Gasteiger partial charge in [-0.3, -0.25) is 0 Å². The van der Waals surface area contributed by atoms with Gasteiger partial charge in [0.1, 0.15) is 6.10 Å². The third-order valence-corrected chi connectivity index (χ3v) is 7.41. The molecule has 0 aliphatic heterocycles. The summed E-state index contributed by atoms with van der Waals surface area (Å²) in [5.74, 6) is 1.70. The Morgan fingerprint density at radius 2 is 2.04 bits per heavy atom. The molecule has 3 heteroatoms. The van der Waals surface area contributed by atoms with E-state index in [0.717, 1.165) is 32.1 Å². The number of benzene rings is 1. The lowest BCUT2D eigenvalue weighted by atomic mass is 9.35. The van der Waals surface area contributed by atoms with E-state index in [2.05, 4.69) is 13.8 Å². The molecule has 1 aromatic carbocycles. The van der Waals surface area contributed by atoms with Crippen LogP contribution in [0.3, 0.4) is 0 Å². The summed E-state index contributed by atoms with van der Waals surface area (Å²) in [5, 5.41) is 10.6. The molecule has 1 spiro atoms. The maximum Gasteiger partial charge on any atom is 0.338 e. The van der Waals surface area contributed by atoms with Crippen LogP contribution in [0.1, 0.15) is 56.3 Å². The molecule has 2 bridgehead atoms. The Bertz CT molecular complexity index is 613. The fourth-order valence-electron chi connectivity index (χ4n) is 6.28. The number of carbonyl (C=O) groups excluding carboxylic acids is 1. The van der Waals surface area contributed by atoms with Crippen LogP contribution in [0.15, 0.2) is 30.3 Å². The molecule has 4 fully saturated rings. The second-order valence-electron chi connectivity index (χ2n) is 8.20. The van der Waals surface area contributed by atoms with Crippen molar-refractivity contribution in [2.75, 3.05) is 0 Å². The van der Waals surface area contributed by atoms with Crippen molar-refractivity contribution in [3.63, 3.8) is 0 Å².